The zero-order chi connectivity index (χ0) is 14.1. The lowest BCUT2D eigenvalue weighted by molar-refractivity contribution is 0.289. The lowest BCUT2D eigenvalue weighted by Crippen LogP contribution is -2.29. The quantitative estimate of drug-likeness (QED) is 0.870. The highest BCUT2D eigenvalue weighted by Gasteiger charge is 2.25. The summed E-state index contributed by atoms with van der Waals surface area (Å²) in [5, 5.41) is 3.83. The van der Waals surface area contributed by atoms with Crippen molar-refractivity contribution >= 4 is 0 Å². The average Bonchev–Trinajstić information content (AvgIpc) is 2.48. The third kappa shape index (κ3) is 2.51. The highest BCUT2D eigenvalue weighted by atomic mass is 14.9. The Labute approximate surface area is 127 Å². The van der Waals surface area contributed by atoms with Crippen molar-refractivity contribution in [2.45, 2.75) is 38.1 Å². The molecule has 1 saturated carbocycles. The van der Waals surface area contributed by atoms with Gasteiger partial charge >= 0.3 is 0 Å². The molecule has 1 N–H and O–H groups in total. The van der Waals surface area contributed by atoms with Gasteiger partial charge in [0.2, 0.25) is 0 Å². The zero-order valence-electron chi connectivity index (χ0n) is 12.5. The fraction of sp³-hybridized carbons (Fsp3) is 0.400. The van der Waals surface area contributed by atoms with E-state index in [1.54, 1.807) is 0 Å². The molecule has 0 bridgehead atoms. The highest BCUT2D eigenvalue weighted by Crippen LogP contribution is 2.35. The molecule has 2 aliphatic rings. The Morgan fingerprint density at radius 3 is 2.05 bits per heavy atom. The molecule has 0 aliphatic heterocycles. The van der Waals surface area contributed by atoms with Crippen LogP contribution in [0, 0.1) is 5.92 Å². The van der Waals surface area contributed by atoms with Gasteiger partial charge in [0.05, 0.1) is 6.04 Å². The summed E-state index contributed by atoms with van der Waals surface area (Å²) in [4.78, 5) is 0. The monoisotopic (exact) mass is 277 g/mol. The van der Waals surface area contributed by atoms with Crippen LogP contribution in [0.5, 0.6) is 0 Å². The van der Waals surface area contributed by atoms with Gasteiger partial charge in [-0.1, -0.05) is 67.8 Å². The number of fused-ring (bicyclic) bond motifs is 2. The van der Waals surface area contributed by atoms with Crippen LogP contribution < -0.4 is 5.32 Å². The number of hydrogen-bond acceptors (Lipinski definition) is 1. The molecule has 4 rings (SSSR count). The summed E-state index contributed by atoms with van der Waals surface area (Å²) in [7, 11) is 0. The minimum Gasteiger partial charge on any atom is -0.306 e. The Kier molecular flexibility index (Phi) is 3.52. The molecule has 1 heteroatoms. The third-order valence-corrected chi connectivity index (χ3v) is 5.24. The summed E-state index contributed by atoms with van der Waals surface area (Å²) < 4.78 is 0. The van der Waals surface area contributed by atoms with Crippen molar-refractivity contribution in [2.24, 2.45) is 5.92 Å². The third-order valence-electron chi connectivity index (χ3n) is 5.24. The molecule has 0 atom stereocenters. The summed E-state index contributed by atoms with van der Waals surface area (Å²) in [6.45, 7) is 1.14. The molecule has 1 fully saturated rings. The van der Waals surface area contributed by atoms with Gasteiger partial charge in [-0.25, -0.2) is 0 Å². The van der Waals surface area contributed by atoms with E-state index in [1.807, 2.05) is 0 Å². The smallest absolute Gasteiger partial charge is 0.0582 e. The molecule has 0 amide bonds. The molecule has 2 aromatic carbocycles. The molecule has 0 saturated heterocycles. The Morgan fingerprint density at radius 1 is 0.857 bits per heavy atom. The van der Waals surface area contributed by atoms with E-state index in [1.165, 1.54) is 47.9 Å². The molecule has 0 radical (unpaired) electrons. The van der Waals surface area contributed by atoms with Crippen LogP contribution in [-0.4, -0.2) is 6.54 Å². The Morgan fingerprint density at radius 2 is 1.48 bits per heavy atom. The first-order valence-corrected chi connectivity index (χ1v) is 8.31. The second-order valence-electron chi connectivity index (χ2n) is 6.55. The van der Waals surface area contributed by atoms with Crippen molar-refractivity contribution in [3.8, 4) is 0 Å². The second-order valence-corrected chi connectivity index (χ2v) is 6.55. The van der Waals surface area contributed by atoms with E-state index >= 15 is 0 Å². The van der Waals surface area contributed by atoms with Crippen LogP contribution in [0.2, 0.25) is 0 Å². The highest BCUT2D eigenvalue weighted by molar-refractivity contribution is 5.48. The van der Waals surface area contributed by atoms with Gasteiger partial charge in [0.25, 0.3) is 0 Å². The van der Waals surface area contributed by atoms with Crippen molar-refractivity contribution in [1.82, 2.24) is 5.32 Å². The molecule has 1 nitrogen and oxygen atoms in total. The van der Waals surface area contributed by atoms with Gasteiger partial charge in [-0.15, -0.1) is 0 Å². The minimum absolute atomic E-state index is 0.381. The van der Waals surface area contributed by atoms with Gasteiger partial charge in [0, 0.05) is 0 Å². The maximum absolute atomic E-state index is 3.83. The van der Waals surface area contributed by atoms with Gasteiger partial charge in [0.15, 0.2) is 0 Å². The molecule has 2 aliphatic carbocycles. The molecule has 2 aromatic rings. The summed E-state index contributed by atoms with van der Waals surface area (Å²) in [6.07, 6.45) is 6.74. The second kappa shape index (κ2) is 5.65. The molecular formula is C20H23N. The first-order valence-electron chi connectivity index (χ1n) is 8.31. The van der Waals surface area contributed by atoms with Gasteiger partial charge in [0.1, 0.15) is 0 Å². The largest absolute Gasteiger partial charge is 0.306 e. The van der Waals surface area contributed by atoms with E-state index in [0.29, 0.717) is 6.04 Å². The van der Waals surface area contributed by atoms with E-state index in [2.05, 4.69) is 53.8 Å². The normalized spacial score (nSPS) is 17.9. The predicted octanol–water partition coefficient (Wildman–Crippen LogP) is 4.46. The standard InChI is InChI=1S/C20H23N/c1-3-10-18-16(8-1)14-17-9-2-4-11-19(17)20(18)21-13-12-15-6-5-7-15/h1-4,8-11,15,20-21H,5-7,12-14H2. The average molecular weight is 277 g/mol. The molecule has 0 aromatic heterocycles. The van der Waals surface area contributed by atoms with Crippen LogP contribution in [0.25, 0.3) is 0 Å². The van der Waals surface area contributed by atoms with Crippen molar-refractivity contribution in [3.63, 3.8) is 0 Å². The Balaban J connectivity index is 1.58. The van der Waals surface area contributed by atoms with Crippen molar-refractivity contribution in [3.05, 3.63) is 70.8 Å². The van der Waals surface area contributed by atoms with Crippen molar-refractivity contribution in [2.75, 3.05) is 6.54 Å². The molecule has 21 heavy (non-hydrogen) atoms. The minimum atomic E-state index is 0.381. The van der Waals surface area contributed by atoms with Crippen LogP contribution in [0.15, 0.2) is 48.5 Å². The number of hydrogen-bond donors (Lipinski definition) is 1. The van der Waals surface area contributed by atoms with Gasteiger partial charge < -0.3 is 5.32 Å². The van der Waals surface area contributed by atoms with E-state index in [0.717, 1.165) is 18.9 Å². The lowest BCUT2D eigenvalue weighted by Gasteiger charge is -2.31. The molecule has 108 valence electrons. The van der Waals surface area contributed by atoms with E-state index in [9.17, 15) is 0 Å². The Hall–Kier alpha value is -1.60. The molecule has 0 spiro atoms. The van der Waals surface area contributed by atoms with Crippen LogP contribution in [0.3, 0.4) is 0 Å². The van der Waals surface area contributed by atoms with Gasteiger partial charge in [-0.2, -0.15) is 0 Å². The first kappa shape index (κ1) is 13.1. The van der Waals surface area contributed by atoms with Crippen molar-refractivity contribution in [1.29, 1.82) is 0 Å². The summed E-state index contributed by atoms with van der Waals surface area (Å²) in [5.41, 5.74) is 5.92. The van der Waals surface area contributed by atoms with Crippen molar-refractivity contribution < 1.29 is 0 Å². The number of nitrogens with one attached hydrogen (secondary N) is 1. The van der Waals surface area contributed by atoms with Crippen LogP contribution in [0.4, 0.5) is 0 Å². The summed E-state index contributed by atoms with van der Waals surface area (Å²) >= 11 is 0. The van der Waals surface area contributed by atoms with E-state index in [4.69, 9.17) is 0 Å². The predicted molar refractivity (Wildman–Crippen MR) is 87.5 cm³/mol. The van der Waals surface area contributed by atoms with Gasteiger partial charge in [-0.05, 0) is 47.6 Å². The topological polar surface area (TPSA) is 12.0 Å². The maximum Gasteiger partial charge on any atom is 0.0582 e. The summed E-state index contributed by atoms with van der Waals surface area (Å²) in [6, 6.07) is 18.2. The lowest BCUT2D eigenvalue weighted by atomic mass is 9.81. The zero-order valence-corrected chi connectivity index (χ0v) is 12.5. The van der Waals surface area contributed by atoms with E-state index in [-0.39, 0.29) is 0 Å². The fourth-order valence-electron chi connectivity index (χ4n) is 3.76. The number of rotatable bonds is 4. The molecular weight excluding hydrogens is 254 g/mol. The Bertz CT molecular complexity index is 582. The van der Waals surface area contributed by atoms with Crippen LogP contribution >= 0.6 is 0 Å². The van der Waals surface area contributed by atoms with E-state index < -0.39 is 0 Å². The van der Waals surface area contributed by atoms with Crippen LogP contribution in [0.1, 0.15) is 54.0 Å². The number of benzene rings is 2. The molecule has 0 unspecified atom stereocenters. The molecule has 0 heterocycles. The van der Waals surface area contributed by atoms with Crippen LogP contribution in [-0.2, 0) is 6.42 Å². The SMILES string of the molecule is c1ccc2c(c1)Cc1ccccc1C2NCCC1CCC1. The maximum atomic E-state index is 3.83. The van der Waals surface area contributed by atoms with Gasteiger partial charge in [-0.3, -0.25) is 0 Å². The first-order chi connectivity index (χ1) is 10.4. The summed E-state index contributed by atoms with van der Waals surface area (Å²) in [5.74, 6) is 0.978. The fourth-order valence-corrected chi connectivity index (χ4v) is 3.76.